The summed E-state index contributed by atoms with van der Waals surface area (Å²) >= 11 is 1.63. The van der Waals surface area contributed by atoms with E-state index in [2.05, 4.69) is 32.2 Å². The summed E-state index contributed by atoms with van der Waals surface area (Å²) < 4.78 is 5.17. The molecule has 2 heterocycles. The van der Waals surface area contributed by atoms with Crippen LogP contribution in [0.4, 0.5) is 0 Å². The zero-order valence-electron chi connectivity index (χ0n) is 14.3. The van der Waals surface area contributed by atoms with E-state index in [0.717, 1.165) is 17.7 Å². The quantitative estimate of drug-likeness (QED) is 0.888. The second-order valence-electron chi connectivity index (χ2n) is 8.20. The molecule has 0 saturated carbocycles. The van der Waals surface area contributed by atoms with Crippen molar-refractivity contribution in [2.24, 2.45) is 16.7 Å². The first-order chi connectivity index (χ1) is 10.8. The van der Waals surface area contributed by atoms with E-state index in [1.165, 1.54) is 16.9 Å². The van der Waals surface area contributed by atoms with Crippen molar-refractivity contribution in [1.82, 2.24) is 5.32 Å². The van der Waals surface area contributed by atoms with Crippen LogP contribution in [0.5, 0.6) is 0 Å². The van der Waals surface area contributed by atoms with Gasteiger partial charge in [-0.15, -0.1) is 11.3 Å². The molecule has 0 radical (unpaired) electrons. The molecule has 0 unspecified atom stereocenters. The van der Waals surface area contributed by atoms with E-state index in [0.29, 0.717) is 31.1 Å². The van der Waals surface area contributed by atoms with E-state index in [1.807, 2.05) is 0 Å². The van der Waals surface area contributed by atoms with Gasteiger partial charge in [-0.1, -0.05) is 20.8 Å². The lowest BCUT2D eigenvalue weighted by atomic mass is 9.72. The number of amides is 1. The number of aliphatic hydroxyl groups excluding tert-OH is 1. The Hall–Kier alpha value is -0.910. The smallest absolute Gasteiger partial charge is 0.261 e. The number of carbonyl (C=O) groups excluding carboxylic acids is 1. The van der Waals surface area contributed by atoms with Gasteiger partial charge in [-0.25, -0.2) is 0 Å². The lowest BCUT2D eigenvalue weighted by Gasteiger charge is -2.39. The van der Waals surface area contributed by atoms with Crippen LogP contribution in [-0.2, 0) is 17.6 Å². The highest BCUT2D eigenvalue weighted by Gasteiger charge is 2.38. The van der Waals surface area contributed by atoms with E-state index in [-0.39, 0.29) is 17.9 Å². The lowest BCUT2D eigenvalue weighted by Crippen LogP contribution is -2.53. The van der Waals surface area contributed by atoms with E-state index < -0.39 is 0 Å². The molecule has 1 atom stereocenters. The zero-order valence-corrected chi connectivity index (χ0v) is 15.1. The highest BCUT2D eigenvalue weighted by atomic mass is 32.1. The van der Waals surface area contributed by atoms with Crippen molar-refractivity contribution in [2.45, 2.75) is 40.0 Å². The SMILES string of the molecule is CC(C)(C)[C@@H]1CCc2sc(C(=O)NCC3(CO)COC3)cc2C1. The minimum Gasteiger partial charge on any atom is -0.396 e. The van der Waals surface area contributed by atoms with Gasteiger partial charge in [-0.2, -0.15) is 0 Å². The maximum Gasteiger partial charge on any atom is 0.261 e. The molecule has 2 aliphatic rings. The van der Waals surface area contributed by atoms with E-state index >= 15 is 0 Å². The van der Waals surface area contributed by atoms with Gasteiger partial charge in [-0.05, 0) is 42.2 Å². The summed E-state index contributed by atoms with van der Waals surface area (Å²) in [7, 11) is 0. The van der Waals surface area contributed by atoms with Gasteiger partial charge in [0.05, 0.1) is 30.1 Å². The van der Waals surface area contributed by atoms with Crippen LogP contribution in [0, 0.1) is 16.7 Å². The number of fused-ring (bicyclic) bond motifs is 1. The van der Waals surface area contributed by atoms with Gasteiger partial charge in [0.2, 0.25) is 0 Å². The summed E-state index contributed by atoms with van der Waals surface area (Å²) in [6, 6.07) is 2.08. The summed E-state index contributed by atoms with van der Waals surface area (Å²) in [5, 5.41) is 12.4. The van der Waals surface area contributed by atoms with Gasteiger partial charge in [-0.3, -0.25) is 4.79 Å². The molecular weight excluding hydrogens is 310 g/mol. The maximum absolute atomic E-state index is 12.4. The summed E-state index contributed by atoms with van der Waals surface area (Å²) in [6.45, 7) is 8.50. The fourth-order valence-corrected chi connectivity index (χ4v) is 4.49. The van der Waals surface area contributed by atoms with Crippen LogP contribution < -0.4 is 5.32 Å². The number of ether oxygens (including phenoxy) is 1. The number of nitrogens with one attached hydrogen (secondary N) is 1. The van der Waals surface area contributed by atoms with Crippen molar-refractivity contribution in [1.29, 1.82) is 0 Å². The van der Waals surface area contributed by atoms with Crippen LogP contribution in [-0.4, -0.2) is 37.4 Å². The van der Waals surface area contributed by atoms with Gasteiger partial charge >= 0.3 is 0 Å². The molecule has 0 aromatic carbocycles. The molecule has 1 saturated heterocycles. The van der Waals surface area contributed by atoms with E-state index in [9.17, 15) is 9.90 Å². The predicted molar refractivity (Wildman–Crippen MR) is 92.0 cm³/mol. The molecule has 3 rings (SSSR count). The Morgan fingerprint density at radius 1 is 1.48 bits per heavy atom. The Morgan fingerprint density at radius 3 is 2.78 bits per heavy atom. The molecule has 4 nitrogen and oxygen atoms in total. The third-order valence-electron chi connectivity index (χ3n) is 5.31. The number of thiophene rings is 1. The first-order valence-electron chi connectivity index (χ1n) is 8.41. The number of hydrogen-bond acceptors (Lipinski definition) is 4. The largest absolute Gasteiger partial charge is 0.396 e. The lowest BCUT2D eigenvalue weighted by molar-refractivity contribution is -0.133. The Balaban J connectivity index is 1.64. The molecule has 2 N–H and O–H groups in total. The fraction of sp³-hybridized carbons (Fsp3) is 0.722. The minimum atomic E-state index is -0.274. The average molecular weight is 337 g/mol. The van der Waals surface area contributed by atoms with Crippen molar-refractivity contribution in [3.63, 3.8) is 0 Å². The van der Waals surface area contributed by atoms with Crippen molar-refractivity contribution >= 4 is 17.2 Å². The number of rotatable bonds is 4. The van der Waals surface area contributed by atoms with E-state index in [1.54, 1.807) is 11.3 Å². The molecule has 1 aliphatic heterocycles. The molecule has 1 fully saturated rings. The molecule has 1 amide bonds. The monoisotopic (exact) mass is 337 g/mol. The summed E-state index contributed by atoms with van der Waals surface area (Å²) in [5.41, 5.74) is 1.40. The second kappa shape index (κ2) is 6.19. The molecule has 0 spiro atoms. The standard InChI is InChI=1S/C18H27NO3S/c1-17(2,3)13-4-5-14-12(6-13)7-15(23-14)16(21)19-8-18(9-20)10-22-11-18/h7,13,20H,4-6,8-11H2,1-3H3,(H,19,21)/t13-/m1/s1. The molecule has 1 aromatic rings. The average Bonchev–Trinajstić information content (AvgIpc) is 2.88. The van der Waals surface area contributed by atoms with Gasteiger partial charge < -0.3 is 15.2 Å². The predicted octanol–water partition coefficient (Wildman–Crippen LogP) is 2.64. The van der Waals surface area contributed by atoms with Crippen molar-refractivity contribution in [2.75, 3.05) is 26.4 Å². The van der Waals surface area contributed by atoms with Crippen LogP contribution in [0.15, 0.2) is 6.07 Å². The number of aliphatic hydroxyl groups is 1. The maximum atomic E-state index is 12.4. The third-order valence-corrected chi connectivity index (χ3v) is 6.54. The van der Waals surface area contributed by atoms with Gasteiger partial charge in [0, 0.05) is 11.4 Å². The van der Waals surface area contributed by atoms with Crippen molar-refractivity contribution in [3.05, 3.63) is 21.4 Å². The number of carbonyl (C=O) groups is 1. The molecule has 23 heavy (non-hydrogen) atoms. The van der Waals surface area contributed by atoms with Crippen LogP contribution in [0.1, 0.15) is 47.3 Å². The van der Waals surface area contributed by atoms with Crippen molar-refractivity contribution < 1.29 is 14.6 Å². The summed E-state index contributed by atoms with van der Waals surface area (Å²) in [4.78, 5) is 14.6. The Kier molecular flexibility index (Phi) is 4.55. The molecule has 5 heteroatoms. The van der Waals surface area contributed by atoms with Gasteiger partial charge in [0.25, 0.3) is 5.91 Å². The van der Waals surface area contributed by atoms with Crippen LogP contribution in [0.3, 0.4) is 0 Å². The third kappa shape index (κ3) is 3.47. The van der Waals surface area contributed by atoms with E-state index in [4.69, 9.17) is 4.74 Å². The molecule has 128 valence electrons. The highest BCUT2D eigenvalue weighted by Crippen LogP contribution is 2.40. The Morgan fingerprint density at radius 2 is 2.22 bits per heavy atom. The molecule has 0 bridgehead atoms. The summed E-state index contributed by atoms with van der Waals surface area (Å²) in [6.07, 6.45) is 3.38. The van der Waals surface area contributed by atoms with Crippen LogP contribution >= 0.6 is 11.3 Å². The van der Waals surface area contributed by atoms with Gasteiger partial charge in [0.15, 0.2) is 0 Å². The van der Waals surface area contributed by atoms with Crippen LogP contribution in [0.2, 0.25) is 0 Å². The first-order valence-corrected chi connectivity index (χ1v) is 9.23. The normalized spacial score (nSPS) is 23.0. The Labute approximate surface area is 142 Å². The molecule has 1 aliphatic carbocycles. The van der Waals surface area contributed by atoms with Gasteiger partial charge in [0.1, 0.15) is 0 Å². The molecule has 1 aromatic heterocycles. The fourth-order valence-electron chi connectivity index (χ4n) is 3.37. The van der Waals surface area contributed by atoms with Crippen LogP contribution in [0.25, 0.3) is 0 Å². The Bertz CT molecular complexity index is 578. The van der Waals surface area contributed by atoms with Crippen molar-refractivity contribution in [3.8, 4) is 0 Å². The molecular formula is C18H27NO3S. The zero-order chi connectivity index (χ0) is 16.7. The highest BCUT2D eigenvalue weighted by molar-refractivity contribution is 7.14. The second-order valence-corrected chi connectivity index (χ2v) is 9.34. The first kappa shape index (κ1) is 16.9. The summed E-state index contributed by atoms with van der Waals surface area (Å²) in [5.74, 6) is 0.668. The number of aryl methyl sites for hydroxylation is 1. The topological polar surface area (TPSA) is 58.6 Å². The minimum absolute atomic E-state index is 0.0172. The number of hydrogen-bond donors (Lipinski definition) is 2.